The molecule has 1 N–H and O–H groups in total. The summed E-state index contributed by atoms with van der Waals surface area (Å²) in [6.07, 6.45) is -1.22. The van der Waals surface area contributed by atoms with Crippen LogP contribution in [0.5, 0.6) is 28.9 Å². The molecule has 0 amide bonds. The van der Waals surface area contributed by atoms with E-state index in [-0.39, 0.29) is 29.4 Å². The van der Waals surface area contributed by atoms with E-state index in [1.807, 2.05) is 7.05 Å². The summed E-state index contributed by atoms with van der Waals surface area (Å²) in [6, 6.07) is 12.0. The number of methoxy groups -OCH3 is 2. The van der Waals surface area contributed by atoms with E-state index in [4.69, 9.17) is 23.4 Å². The standard InChI is InChI=1S/C30H28F3N5O5/c1-38-8-4-5-19(38)15-41-21-10-17(30(31,32)33)9-18(11-21)36-29-37-24-12-20(6-7-25(24)43-29)42-28-22-13-26(39-2)27(40-3)14-23(22)34-16-35-28/h6-7,9-14,16,19H,4-5,8,15H2,1-3H3,(H,36,37)/t19-/m0/s1. The highest BCUT2D eigenvalue weighted by Gasteiger charge is 2.32. The van der Waals surface area contributed by atoms with Crippen molar-refractivity contribution in [2.75, 3.05) is 39.7 Å². The Labute approximate surface area is 244 Å². The third-order valence-corrected chi connectivity index (χ3v) is 7.28. The molecule has 43 heavy (non-hydrogen) atoms. The van der Waals surface area contributed by atoms with Crippen LogP contribution in [0, 0.1) is 0 Å². The Morgan fingerprint density at radius 2 is 1.79 bits per heavy atom. The molecule has 1 aliphatic heterocycles. The minimum atomic E-state index is -4.56. The number of ether oxygens (including phenoxy) is 4. The molecule has 3 heterocycles. The largest absolute Gasteiger partial charge is 0.493 e. The lowest BCUT2D eigenvalue weighted by molar-refractivity contribution is -0.137. The number of nitrogens with zero attached hydrogens (tertiary/aromatic N) is 4. The summed E-state index contributed by atoms with van der Waals surface area (Å²) in [4.78, 5) is 15.1. The normalized spacial score (nSPS) is 15.6. The maximum Gasteiger partial charge on any atom is 0.416 e. The van der Waals surface area contributed by atoms with Crippen molar-refractivity contribution < 1.29 is 36.5 Å². The molecule has 1 saturated heterocycles. The van der Waals surface area contributed by atoms with Crippen LogP contribution in [0.4, 0.5) is 24.9 Å². The fraction of sp³-hybridized carbons (Fsp3) is 0.300. The second kappa shape index (κ2) is 11.5. The van der Waals surface area contributed by atoms with Crippen LogP contribution in [0.25, 0.3) is 22.0 Å². The van der Waals surface area contributed by atoms with Crippen molar-refractivity contribution in [3.8, 4) is 28.9 Å². The van der Waals surface area contributed by atoms with Crippen molar-refractivity contribution in [3.63, 3.8) is 0 Å². The highest BCUT2D eigenvalue weighted by molar-refractivity contribution is 5.87. The number of anilines is 2. The first-order valence-corrected chi connectivity index (χ1v) is 13.5. The van der Waals surface area contributed by atoms with Crippen LogP contribution in [0.15, 0.2) is 59.3 Å². The number of hydrogen-bond donors (Lipinski definition) is 1. The number of alkyl halides is 3. The lowest BCUT2D eigenvalue weighted by Crippen LogP contribution is -2.30. The van der Waals surface area contributed by atoms with Gasteiger partial charge in [-0.3, -0.25) is 0 Å². The third kappa shape index (κ3) is 6.07. The minimum Gasteiger partial charge on any atom is -0.493 e. The Kier molecular flexibility index (Phi) is 7.57. The fourth-order valence-electron chi connectivity index (χ4n) is 5.00. The molecule has 1 fully saturated rings. The van der Waals surface area contributed by atoms with E-state index >= 15 is 0 Å². The van der Waals surface area contributed by atoms with Crippen LogP contribution in [-0.2, 0) is 6.18 Å². The molecule has 0 saturated carbocycles. The number of aromatic nitrogens is 3. The van der Waals surface area contributed by atoms with Gasteiger partial charge in [-0.15, -0.1) is 0 Å². The van der Waals surface area contributed by atoms with Gasteiger partial charge in [0.05, 0.1) is 30.7 Å². The van der Waals surface area contributed by atoms with Crippen LogP contribution in [-0.4, -0.2) is 60.3 Å². The lowest BCUT2D eigenvalue weighted by Gasteiger charge is -2.20. The molecule has 1 aliphatic rings. The molecule has 3 aromatic carbocycles. The Morgan fingerprint density at radius 1 is 0.977 bits per heavy atom. The molecule has 1 atom stereocenters. The Balaban J connectivity index is 1.24. The molecule has 0 spiro atoms. The smallest absolute Gasteiger partial charge is 0.416 e. The maximum atomic E-state index is 13.7. The SMILES string of the molecule is COc1cc2ncnc(Oc3ccc4oc(Nc5cc(OC[C@@H]6CCCN6C)cc(C(F)(F)F)c5)nc4c3)c2cc1OC. The molecule has 0 bridgehead atoms. The lowest BCUT2D eigenvalue weighted by atomic mass is 10.1. The number of nitrogens with one attached hydrogen (secondary N) is 1. The highest BCUT2D eigenvalue weighted by atomic mass is 19.4. The number of halogens is 3. The van der Waals surface area contributed by atoms with E-state index in [1.54, 1.807) is 30.3 Å². The van der Waals surface area contributed by atoms with Crippen molar-refractivity contribution in [3.05, 3.63) is 60.4 Å². The highest BCUT2D eigenvalue weighted by Crippen LogP contribution is 2.38. The number of fused-ring (bicyclic) bond motifs is 2. The van der Waals surface area contributed by atoms with Gasteiger partial charge in [-0.2, -0.15) is 18.2 Å². The third-order valence-electron chi connectivity index (χ3n) is 7.28. The van der Waals surface area contributed by atoms with Gasteiger partial charge in [-0.05, 0) is 56.8 Å². The number of hydrogen-bond acceptors (Lipinski definition) is 10. The summed E-state index contributed by atoms with van der Waals surface area (Å²) in [6.45, 7) is 1.23. The van der Waals surface area contributed by atoms with E-state index in [1.165, 1.54) is 26.6 Å². The van der Waals surface area contributed by atoms with Gasteiger partial charge < -0.3 is 33.6 Å². The summed E-state index contributed by atoms with van der Waals surface area (Å²) >= 11 is 0. The molecule has 0 radical (unpaired) electrons. The first-order chi connectivity index (χ1) is 20.7. The van der Waals surface area contributed by atoms with Crippen molar-refractivity contribution in [2.45, 2.75) is 25.1 Å². The summed E-state index contributed by atoms with van der Waals surface area (Å²) in [5, 5.41) is 3.45. The predicted molar refractivity (Wildman–Crippen MR) is 153 cm³/mol. The van der Waals surface area contributed by atoms with E-state index in [0.717, 1.165) is 31.5 Å². The van der Waals surface area contributed by atoms with E-state index in [0.29, 0.717) is 45.9 Å². The second-order valence-electron chi connectivity index (χ2n) is 10.1. The number of oxazole rings is 1. The molecular formula is C30H28F3N5O5. The summed E-state index contributed by atoms with van der Waals surface area (Å²) in [5.41, 5.74) is 0.707. The molecule has 0 unspecified atom stereocenters. The van der Waals surface area contributed by atoms with Crippen LogP contribution in [0.3, 0.4) is 0 Å². The molecule has 5 aromatic rings. The average molecular weight is 596 g/mol. The maximum absolute atomic E-state index is 13.7. The Bertz CT molecular complexity index is 1780. The quantitative estimate of drug-likeness (QED) is 0.195. The first kappa shape index (κ1) is 28.3. The Hall–Kier alpha value is -4.78. The summed E-state index contributed by atoms with van der Waals surface area (Å²) in [7, 11) is 5.04. The number of benzene rings is 3. The second-order valence-corrected chi connectivity index (χ2v) is 10.1. The molecule has 13 heteroatoms. The number of likely N-dealkylation sites (tertiary alicyclic amines) is 1. The molecule has 2 aromatic heterocycles. The minimum absolute atomic E-state index is 0.0114. The van der Waals surface area contributed by atoms with E-state index in [9.17, 15) is 13.2 Å². The number of rotatable bonds is 9. The molecule has 224 valence electrons. The topological polar surface area (TPSA) is 104 Å². The van der Waals surface area contributed by atoms with Crippen LogP contribution in [0.2, 0.25) is 0 Å². The van der Waals surface area contributed by atoms with Crippen molar-refractivity contribution in [1.29, 1.82) is 0 Å². The van der Waals surface area contributed by atoms with Gasteiger partial charge >= 0.3 is 6.18 Å². The van der Waals surface area contributed by atoms with E-state index in [2.05, 4.69) is 25.2 Å². The van der Waals surface area contributed by atoms with Crippen LogP contribution < -0.4 is 24.3 Å². The zero-order valence-electron chi connectivity index (χ0n) is 23.6. The average Bonchev–Trinajstić information content (AvgIpc) is 3.59. The van der Waals surface area contributed by atoms with Gasteiger partial charge in [0, 0.05) is 29.9 Å². The van der Waals surface area contributed by atoms with Gasteiger partial charge in [0.2, 0.25) is 5.88 Å². The van der Waals surface area contributed by atoms with Gasteiger partial charge in [0.15, 0.2) is 17.1 Å². The molecule has 6 rings (SSSR count). The molecular weight excluding hydrogens is 567 g/mol. The summed E-state index contributed by atoms with van der Waals surface area (Å²) < 4.78 is 69.4. The van der Waals surface area contributed by atoms with Crippen LogP contribution in [0.1, 0.15) is 18.4 Å². The van der Waals surface area contributed by atoms with Crippen molar-refractivity contribution in [2.24, 2.45) is 0 Å². The monoisotopic (exact) mass is 595 g/mol. The van der Waals surface area contributed by atoms with Crippen LogP contribution >= 0.6 is 0 Å². The summed E-state index contributed by atoms with van der Waals surface area (Å²) in [5.74, 6) is 1.81. The zero-order valence-corrected chi connectivity index (χ0v) is 23.6. The molecule has 10 nitrogen and oxygen atoms in total. The Morgan fingerprint density at radius 3 is 2.53 bits per heavy atom. The van der Waals surface area contributed by atoms with Crippen molar-refractivity contribution >= 4 is 33.7 Å². The first-order valence-electron chi connectivity index (χ1n) is 13.5. The molecule has 0 aliphatic carbocycles. The van der Waals surface area contributed by atoms with Gasteiger partial charge in [0.25, 0.3) is 6.01 Å². The van der Waals surface area contributed by atoms with Crippen molar-refractivity contribution in [1.82, 2.24) is 19.9 Å². The van der Waals surface area contributed by atoms with Gasteiger partial charge in [-0.1, -0.05) is 0 Å². The predicted octanol–water partition coefficient (Wildman–Crippen LogP) is 6.82. The van der Waals surface area contributed by atoms with Gasteiger partial charge in [-0.25, -0.2) is 9.97 Å². The number of likely N-dealkylation sites (N-methyl/N-ethyl adjacent to an activating group) is 1. The fourth-order valence-corrected chi connectivity index (χ4v) is 5.00. The van der Waals surface area contributed by atoms with E-state index < -0.39 is 11.7 Å². The van der Waals surface area contributed by atoms with Gasteiger partial charge in [0.1, 0.15) is 29.9 Å². The zero-order chi connectivity index (χ0) is 30.1.